The molecule has 9 aromatic carbocycles. The third-order valence-corrected chi connectivity index (χ3v) is 21.6. The number of alkyl carbamates (subject to hydrolysis) is 1. The number of alkyl halides is 1. The number of methoxy groups -OCH3 is 2. The number of ether oxygens (including phenoxy) is 7. The second-order valence-electron chi connectivity index (χ2n) is 29.8. The van der Waals surface area contributed by atoms with Crippen LogP contribution < -0.4 is 63.9 Å². The summed E-state index contributed by atoms with van der Waals surface area (Å²) in [7, 11) is 3.19. The third kappa shape index (κ3) is 28.9. The van der Waals surface area contributed by atoms with Crippen molar-refractivity contribution in [1.82, 2.24) is 15.5 Å². The predicted molar refractivity (Wildman–Crippen MR) is 503 cm³/mol. The molecule has 0 aliphatic carbocycles. The molecular weight excluding hydrogens is 1920 g/mol. The van der Waals surface area contributed by atoms with E-state index in [0.29, 0.717) is 143 Å². The van der Waals surface area contributed by atoms with Crippen molar-refractivity contribution in [2.24, 2.45) is 0 Å². The van der Waals surface area contributed by atoms with E-state index in [4.69, 9.17) is 33.2 Å². The number of nitrogens with zero attached hydrogens (tertiary/aromatic N) is 1. The number of amides is 2. The van der Waals surface area contributed by atoms with E-state index in [0.717, 1.165) is 60.9 Å². The summed E-state index contributed by atoms with van der Waals surface area (Å²) in [5.41, 5.74) is 6.99. The van der Waals surface area contributed by atoms with Gasteiger partial charge in [0.15, 0.2) is 17.2 Å². The van der Waals surface area contributed by atoms with Gasteiger partial charge in [-0.3, -0.25) is 14.4 Å². The number of thiophene rings is 3. The van der Waals surface area contributed by atoms with E-state index in [9.17, 15) is 42.3 Å². The molecule has 0 unspecified atom stereocenters. The van der Waals surface area contributed by atoms with Crippen LogP contribution in [-0.4, -0.2) is 105 Å². The zero-order valence-corrected chi connectivity index (χ0v) is 82.6. The quantitative estimate of drug-likeness (QED) is 0.0161. The average Bonchev–Trinajstić information content (AvgIpc) is 1.65. The molecule has 0 fully saturated rings. The predicted octanol–water partition coefficient (Wildman–Crippen LogP) is 23.5. The van der Waals surface area contributed by atoms with E-state index in [-0.39, 0.29) is 80.8 Å². The fourth-order valence-electron chi connectivity index (χ4n) is 12.8. The molecule has 2 amide bonds. The average molecular weight is 2020 g/mol. The van der Waals surface area contributed by atoms with Crippen molar-refractivity contribution in [3.05, 3.63) is 263 Å². The number of carbonyl (C=O) groups excluding carboxylic acids is 5. The van der Waals surface area contributed by atoms with Crippen molar-refractivity contribution < 1.29 is 106 Å². The van der Waals surface area contributed by atoms with Gasteiger partial charge in [-0.05, 0) is 304 Å². The maximum Gasteiger partial charge on any atom is 1.00 e. The topological polar surface area (TPSA) is 197 Å². The zero-order chi connectivity index (χ0) is 88.0. The third-order valence-electron chi connectivity index (χ3n) is 18.2. The molecule has 0 saturated carbocycles. The number of hydrogen-bond acceptors (Lipinski definition) is 17. The normalized spacial score (nSPS) is 10.9. The molecule has 28 heteroatoms. The number of benzene rings is 9. The molecule has 3 aromatic heterocycles. The van der Waals surface area contributed by atoms with Crippen molar-refractivity contribution in [2.75, 3.05) is 51.4 Å². The van der Waals surface area contributed by atoms with Gasteiger partial charge in [0.1, 0.15) is 77.8 Å². The van der Waals surface area contributed by atoms with E-state index in [1.165, 1.54) is 80.4 Å². The first-order chi connectivity index (χ1) is 56.9. The summed E-state index contributed by atoms with van der Waals surface area (Å²) in [6, 6.07) is 47.3. The molecule has 0 bridgehead atoms. The van der Waals surface area contributed by atoms with Crippen LogP contribution in [0.25, 0.3) is 30.3 Å². The fraction of sp³-hybridized carbons (Fsp3) is 0.301. The molecule has 3 heterocycles. The van der Waals surface area contributed by atoms with Crippen LogP contribution >= 0.6 is 104 Å². The molecule has 0 radical (unpaired) electrons. The van der Waals surface area contributed by atoms with Crippen LogP contribution in [0.5, 0.6) is 51.7 Å². The summed E-state index contributed by atoms with van der Waals surface area (Å²) in [6.07, 6.45) is 1.41. The summed E-state index contributed by atoms with van der Waals surface area (Å²) in [5.74, 6) is 2.82. The number of aromatic hydroxyl groups is 1. The number of carbonyl (C=O) groups is 5. The monoisotopic (exact) mass is 2020 g/mol. The van der Waals surface area contributed by atoms with Crippen LogP contribution in [0.1, 0.15) is 160 Å². The Hall–Kier alpha value is -7.81. The van der Waals surface area contributed by atoms with Gasteiger partial charge in [0, 0.05) is 66.6 Å². The Bertz CT molecular complexity index is 5520. The van der Waals surface area contributed by atoms with Gasteiger partial charge < -0.3 is 55.2 Å². The van der Waals surface area contributed by atoms with Gasteiger partial charge in [-0.1, -0.05) is 72.8 Å². The first-order valence-electron chi connectivity index (χ1n) is 38.7. The first-order valence-corrected chi connectivity index (χ1v) is 45.4. The minimum absolute atomic E-state index is 0. The maximum atomic E-state index is 14.0. The molecule has 0 saturated heterocycles. The number of aryl methyl sites for hydroxylation is 6. The van der Waals surface area contributed by atoms with Gasteiger partial charge in [-0.25, -0.2) is 22.8 Å². The molecule has 0 spiro atoms. The molecule has 0 atom stereocenters. The molecule has 12 aromatic rings. The van der Waals surface area contributed by atoms with Gasteiger partial charge >= 0.3 is 44.9 Å². The summed E-state index contributed by atoms with van der Waals surface area (Å²) in [6.45, 7) is 30.9. The van der Waals surface area contributed by atoms with Crippen LogP contribution in [0.3, 0.4) is 0 Å². The summed E-state index contributed by atoms with van der Waals surface area (Å²) >= 11 is 15.5. The van der Waals surface area contributed by atoms with E-state index >= 15 is 0 Å². The molecule has 0 aliphatic heterocycles. The molecule has 12 rings (SSSR count). The standard InChI is InChI=1S/C33H36FNO5S.C31H32FNO5S.C27H26FNO3S.C2H5I.BBr3.Na.H/c1-8-35(32(37)40-33(4,5)6)16-15-22-9-11-24(12-10-22)39-30-26-14-13-25(38-7)19-27(26)41-31(30)29(36)28-20(2)17-23(34)18-21(28)3;1-18-15-21(32)16-19(2)26(18)27(34)29-28(24-12-11-23(36-6)17-25(24)39-29)37-22-9-7-20(8-10-22)13-14-33-30(35)38-31(3,4)5;1-4-29-12-11-18-5-8-21(9-6-18)32-26-22-10-7-20(30)15-23(22)33-27(26)25(31)24-16(2)13-19(28)14-17(24)3;1-2-3;2-1(3)4;;/h9-14,17-19H,8,15-16H2,1-7H3;7-12,15-17H,13-14H2,1-6H3,(H,33,35);5-10,13-15,29-30H,4,11-12H2,1-3H3;2H2,1H3;;;/q;;;;;+1;-1. The second-order valence-corrected chi connectivity index (χ2v) is 40.9. The van der Waals surface area contributed by atoms with Gasteiger partial charge in [-0.15, -0.1) is 81.3 Å². The van der Waals surface area contributed by atoms with Crippen LogP contribution in [0.15, 0.2) is 164 Å². The zero-order valence-electron chi connectivity index (χ0n) is 72.2. The van der Waals surface area contributed by atoms with Crippen LogP contribution in [0, 0.1) is 59.0 Å². The molecule has 0 aliphatic rings. The van der Waals surface area contributed by atoms with E-state index in [2.05, 4.69) is 94.3 Å². The minimum atomic E-state index is -0.547. The van der Waals surface area contributed by atoms with Crippen molar-refractivity contribution in [2.45, 2.75) is 134 Å². The van der Waals surface area contributed by atoms with E-state index in [1.807, 2.05) is 158 Å². The van der Waals surface area contributed by atoms with Crippen LogP contribution in [-0.2, 0) is 28.7 Å². The number of fused-ring (bicyclic) bond motifs is 3. The number of phenols is 1. The molecule has 636 valence electrons. The van der Waals surface area contributed by atoms with E-state index < -0.39 is 17.3 Å². The number of ketones is 3. The van der Waals surface area contributed by atoms with Crippen molar-refractivity contribution >= 4 is 167 Å². The Kier molecular flexibility index (Phi) is 38.8. The molecule has 3 N–H and O–H groups in total. The Balaban J connectivity index is 0.000000271. The number of rotatable bonds is 25. The number of phenolic OH excluding ortho intramolecular Hbond substituents is 1. The Morgan fingerprint density at radius 3 is 1.09 bits per heavy atom. The maximum absolute atomic E-state index is 14.0. The second kappa shape index (κ2) is 46.8. The summed E-state index contributed by atoms with van der Waals surface area (Å²) in [4.78, 5) is 68.5. The molecule has 121 heavy (non-hydrogen) atoms. The van der Waals surface area contributed by atoms with Crippen molar-refractivity contribution in [3.8, 4) is 51.7 Å². The SMILES string of the molecule is BrB(Br)Br.CCI.CCN(CCc1ccc(Oc2c(C(=O)c3c(C)cc(F)cc3C)sc3cc(OC)ccc23)cc1)C(=O)OC(C)(C)C.CCNCCc1ccc(Oc2c(C(=O)c3c(C)cc(F)cc3C)sc3cc(O)ccc23)cc1.COc1ccc2c(Oc3ccc(CCNC(=O)OC(C)(C)C)cc3)c(C(=O)c3c(C)cc(F)cc3C)sc2c1.[H-].[Na+]. The molecule has 16 nitrogen and oxygen atoms in total. The number of nitrogens with one attached hydrogen (secondary N) is 2. The smallest absolute Gasteiger partial charge is 1.00 e. The Morgan fingerprint density at radius 2 is 0.777 bits per heavy atom. The van der Waals surface area contributed by atoms with Gasteiger partial charge in [0.2, 0.25) is 17.3 Å². The van der Waals surface area contributed by atoms with Crippen molar-refractivity contribution in [3.63, 3.8) is 0 Å². The Morgan fingerprint density at radius 1 is 0.471 bits per heavy atom. The van der Waals surface area contributed by atoms with Gasteiger partial charge in [0.05, 0.1) is 14.2 Å². The number of hydrogen-bond donors (Lipinski definition) is 3. The van der Waals surface area contributed by atoms with Crippen molar-refractivity contribution in [1.29, 1.82) is 0 Å². The van der Waals surface area contributed by atoms with E-state index in [1.54, 1.807) is 78.9 Å². The minimum Gasteiger partial charge on any atom is -1.00 e. The summed E-state index contributed by atoms with van der Waals surface area (Å²) in [5, 5.41) is 18.3. The first kappa shape index (κ1) is 100. The largest absolute Gasteiger partial charge is 1.00 e. The number of halogens is 7. The van der Waals surface area contributed by atoms with Gasteiger partial charge in [0.25, 0.3) is 0 Å². The Labute approximate surface area is 781 Å². The van der Waals surface area contributed by atoms with Crippen LogP contribution in [0.4, 0.5) is 22.8 Å². The van der Waals surface area contributed by atoms with Gasteiger partial charge in [-0.2, -0.15) is 0 Å². The summed E-state index contributed by atoms with van der Waals surface area (Å²) < 4.78 is 86.1. The fourth-order valence-corrected chi connectivity index (χ4v) is 16.2. The number of likely N-dealkylation sites (N-methyl/N-ethyl adjacent to an activating group) is 2. The molecular formula is C93H100BBr3F3IN3NaO13S3. The van der Waals surface area contributed by atoms with Crippen LogP contribution in [0.2, 0.25) is 0 Å².